The third-order valence-corrected chi connectivity index (χ3v) is 2.20. The number of nitrogens with one attached hydrogen (secondary N) is 2. The van der Waals surface area contributed by atoms with E-state index in [0.717, 1.165) is 6.42 Å². The number of carbonyl (C=O) groups is 2. The van der Waals surface area contributed by atoms with E-state index in [2.05, 4.69) is 5.32 Å². The van der Waals surface area contributed by atoms with Gasteiger partial charge in [-0.1, -0.05) is 0 Å². The van der Waals surface area contributed by atoms with Crippen molar-refractivity contribution in [3.8, 4) is 0 Å². The van der Waals surface area contributed by atoms with Crippen LogP contribution in [-0.4, -0.2) is 41.2 Å². The molecule has 0 fully saturated rings. The van der Waals surface area contributed by atoms with Crippen LogP contribution >= 0.6 is 0 Å². The maximum atomic E-state index is 10.8. The topological polar surface area (TPSA) is 101 Å². The van der Waals surface area contributed by atoms with Crippen LogP contribution in [0.3, 0.4) is 0 Å². The number of hydrogen-bond donors (Lipinski definition) is 3. The number of hydrogen-bond acceptors (Lipinski definition) is 4. The molecule has 0 aromatic carbocycles. The van der Waals surface area contributed by atoms with Gasteiger partial charge in [-0.25, -0.2) is 4.79 Å². The van der Waals surface area contributed by atoms with Gasteiger partial charge in [-0.05, 0) is 13.0 Å². The predicted molar refractivity (Wildman–Crippen MR) is 54.1 cm³/mol. The van der Waals surface area contributed by atoms with Gasteiger partial charge in [0.2, 0.25) is 5.91 Å². The predicted octanol–water partition coefficient (Wildman–Crippen LogP) is -1.46. The van der Waals surface area contributed by atoms with Crippen LogP contribution in [0.15, 0.2) is 0 Å². The molecule has 0 radical (unpaired) electrons. The molecule has 7 heteroatoms. The molecule has 0 aliphatic carbocycles. The van der Waals surface area contributed by atoms with Crippen molar-refractivity contribution in [1.82, 2.24) is 10.6 Å². The van der Waals surface area contributed by atoms with Gasteiger partial charge in [-0.3, -0.25) is 14.3 Å². The second-order valence-electron chi connectivity index (χ2n) is 2.72. The SMILES string of the molecule is CS(=O)CCCNCC(=O)NC(N)=O. The normalized spacial score (nSPS) is 12.1. The second kappa shape index (κ2) is 7.45. The molecule has 0 heterocycles. The van der Waals surface area contributed by atoms with E-state index in [-0.39, 0.29) is 6.54 Å². The Balaban J connectivity index is 3.32. The molecule has 0 aliphatic rings. The molecular weight excluding hydrogens is 206 g/mol. The summed E-state index contributed by atoms with van der Waals surface area (Å²) in [6.07, 6.45) is 2.35. The van der Waals surface area contributed by atoms with Gasteiger partial charge < -0.3 is 11.1 Å². The molecule has 0 spiro atoms. The quantitative estimate of drug-likeness (QED) is 0.477. The van der Waals surface area contributed by atoms with Crippen LogP contribution in [0.25, 0.3) is 0 Å². The van der Waals surface area contributed by atoms with Crippen molar-refractivity contribution >= 4 is 22.7 Å². The fourth-order valence-corrected chi connectivity index (χ4v) is 1.33. The zero-order valence-electron chi connectivity index (χ0n) is 8.04. The van der Waals surface area contributed by atoms with E-state index in [1.54, 1.807) is 6.26 Å². The molecule has 4 N–H and O–H groups in total. The van der Waals surface area contributed by atoms with Crippen molar-refractivity contribution in [2.75, 3.05) is 25.1 Å². The van der Waals surface area contributed by atoms with E-state index < -0.39 is 22.7 Å². The van der Waals surface area contributed by atoms with Gasteiger partial charge in [0.15, 0.2) is 0 Å². The summed E-state index contributed by atoms with van der Waals surface area (Å²) in [5.74, 6) is 0.139. The third kappa shape index (κ3) is 9.14. The monoisotopic (exact) mass is 221 g/mol. The fraction of sp³-hybridized carbons (Fsp3) is 0.714. The number of urea groups is 1. The minimum atomic E-state index is -0.855. The van der Waals surface area contributed by atoms with Gasteiger partial charge in [0.05, 0.1) is 6.54 Å². The Hall–Kier alpha value is -0.950. The van der Waals surface area contributed by atoms with Crippen LogP contribution in [-0.2, 0) is 15.6 Å². The van der Waals surface area contributed by atoms with Crippen LogP contribution in [0.2, 0.25) is 0 Å². The summed E-state index contributed by atoms with van der Waals surface area (Å²) in [7, 11) is -0.804. The van der Waals surface area contributed by atoms with E-state index in [0.29, 0.717) is 12.3 Å². The first-order chi connectivity index (χ1) is 6.52. The molecule has 82 valence electrons. The second-order valence-corrected chi connectivity index (χ2v) is 4.27. The minimum Gasteiger partial charge on any atom is -0.351 e. The van der Waals surface area contributed by atoms with Crippen LogP contribution in [0.1, 0.15) is 6.42 Å². The zero-order chi connectivity index (χ0) is 11.0. The molecule has 14 heavy (non-hydrogen) atoms. The summed E-state index contributed by atoms with van der Waals surface area (Å²) in [6, 6.07) is -0.855. The Morgan fingerprint density at radius 1 is 1.43 bits per heavy atom. The Morgan fingerprint density at radius 3 is 2.57 bits per heavy atom. The molecule has 0 saturated carbocycles. The van der Waals surface area contributed by atoms with Crippen molar-refractivity contribution < 1.29 is 13.8 Å². The number of amides is 3. The molecule has 0 aromatic rings. The highest BCUT2D eigenvalue weighted by Gasteiger charge is 2.02. The van der Waals surface area contributed by atoms with Crippen molar-refractivity contribution in [3.63, 3.8) is 0 Å². The van der Waals surface area contributed by atoms with Gasteiger partial charge in [-0.15, -0.1) is 0 Å². The lowest BCUT2D eigenvalue weighted by Gasteiger charge is -2.02. The Kier molecular flexibility index (Phi) is 6.95. The first kappa shape index (κ1) is 13.1. The highest BCUT2D eigenvalue weighted by atomic mass is 32.2. The summed E-state index contributed by atoms with van der Waals surface area (Å²) in [5, 5.41) is 4.71. The summed E-state index contributed by atoms with van der Waals surface area (Å²) in [5.41, 5.74) is 4.72. The molecule has 0 aromatic heterocycles. The van der Waals surface area contributed by atoms with E-state index in [9.17, 15) is 13.8 Å². The number of carbonyl (C=O) groups excluding carboxylic acids is 2. The molecule has 1 unspecified atom stereocenters. The van der Waals surface area contributed by atoms with E-state index in [4.69, 9.17) is 5.73 Å². The average Bonchev–Trinajstić information content (AvgIpc) is 2.01. The number of primary amides is 1. The molecule has 3 amide bonds. The lowest BCUT2D eigenvalue weighted by Crippen LogP contribution is -2.40. The molecule has 6 nitrogen and oxygen atoms in total. The van der Waals surface area contributed by atoms with E-state index in [1.807, 2.05) is 5.32 Å². The van der Waals surface area contributed by atoms with Crippen molar-refractivity contribution in [3.05, 3.63) is 0 Å². The lowest BCUT2D eigenvalue weighted by molar-refractivity contribution is -0.119. The summed E-state index contributed by atoms with van der Waals surface area (Å²) in [6.45, 7) is 0.630. The lowest BCUT2D eigenvalue weighted by atomic mass is 10.4. The van der Waals surface area contributed by atoms with Gasteiger partial charge in [-0.2, -0.15) is 0 Å². The highest BCUT2D eigenvalue weighted by Crippen LogP contribution is 1.80. The number of imide groups is 1. The smallest absolute Gasteiger partial charge is 0.318 e. The molecule has 0 rings (SSSR count). The molecule has 0 bridgehead atoms. The maximum absolute atomic E-state index is 10.8. The van der Waals surface area contributed by atoms with E-state index >= 15 is 0 Å². The standard InChI is InChI=1S/C7H15N3O3S/c1-14(13)4-2-3-9-5-6(11)10-7(8)12/h9H,2-5H2,1H3,(H3,8,10,11,12). The van der Waals surface area contributed by atoms with Crippen LogP contribution < -0.4 is 16.4 Å². The maximum Gasteiger partial charge on any atom is 0.318 e. The largest absolute Gasteiger partial charge is 0.351 e. The molecule has 1 atom stereocenters. The summed E-state index contributed by atoms with van der Waals surface area (Å²) in [4.78, 5) is 21.0. The van der Waals surface area contributed by atoms with Gasteiger partial charge in [0.1, 0.15) is 0 Å². The average molecular weight is 221 g/mol. The van der Waals surface area contributed by atoms with Gasteiger partial charge in [0.25, 0.3) is 0 Å². The van der Waals surface area contributed by atoms with Crippen molar-refractivity contribution in [1.29, 1.82) is 0 Å². The van der Waals surface area contributed by atoms with Gasteiger partial charge in [0, 0.05) is 22.8 Å². The Morgan fingerprint density at radius 2 is 2.07 bits per heavy atom. The number of rotatable bonds is 6. The first-order valence-electron chi connectivity index (χ1n) is 4.12. The third-order valence-electron chi connectivity index (χ3n) is 1.33. The fourth-order valence-electron chi connectivity index (χ4n) is 0.784. The van der Waals surface area contributed by atoms with E-state index in [1.165, 1.54) is 0 Å². The zero-order valence-corrected chi connectivity index (χ0v) is 8.86. The molecule has 0 aliphatic heterocycles. The molecular formula is C7H15N3O3S. The first-order valence-corrected chi connectivity index (χ1v) is 5.85. The Bertz CT molecular complexity index is 232. The minimum absolute atomic E-state index is 0.0410. The summed E-state index contributed by atoms with van der Waals surface area (Å²) < 4.78 is 10.6. The summed E-state index contributed by atoms with van der Waals surface area (Å²) >= 11 is 0. The highest BCUT2D eigenvalue weighted by molar-refractivity contribution is 7.84. The number of nitrogens with two attached hydrogens (primary N) is 1. The van der Waals surface area contributed by atoms with Crippen molar-refractivity contribution in [2.45, 2.75) is 6.42 Å². The van der Waals surface area contributed by atoms with Gasteiger partial charge >= 0.3 is 6.03 Å². The van der Waals surface area contributed by atoms with Crippen molar-refractivity contribution in [2.24, 2.45) is 5.73 Å². The van der Waals surface area contributed by atoms with Crippen LogP contribution in [0.4, 0.5) is 4.79 Å². The van der Waals surface area contributed by atoms with Crippen LogP contribution in [0.5, 0.6) is 0 Å². The Labute approximate surface area is 85.1 Å². The van der Waals surface area contributed by atoms with Crippen LogP contribution in [0, 0.1) is 0 Å². The molecule has 0 saturated heterocycles.